The second-order valence-electron chi connectivity index (χ2n) is 0.408. The molecule has 0 rings (SSSR count). The molecule has 53 valence electrons. The van der Waals surface area contributed by atoms with Crippen molar-refractivity contribution in [1.82, 2.24) is 0 Å². The maximum Gasteiger partial charge on any atom is 3.00 e. The van der Waals surface area contributed by atoms with Crippen molar-refractivity contribution >= 4 is 10.4 Å². The smallest absolute Gasteiger partial charge is 1.00 e. The minimum Gasteiger partial charge on any atom is -1.00 e. The van der Waals surface area contributed by atoms with E-state index in [2.05, 4.69) is 0 Å². The molecule has 0 saturated heterocycles. The van der Waals surface area contributed by atoms with Gasteiger partial charge in [-0.05, 0) is 0 Å². The fourth-order valence-corrected chi connectivity index (χ4v) is 0. The predicted molar refractivity (Wildman–Crippen MR) is 10.5 cm³/mol. The van der Waals surface area contributed by atoms with Gasteiger partial charge in [-0.1, -0.05) is 0 Å². The summed E-state index contributed by atoms with van der Waals surface area (Å²) in [5.74, 6) is 0. The normalized spacial score (nSPS) is 7.25. The maximum absolute atomic E-state index is 8.52. The van der Waals surface area contributed by atoms with Crippen molar-refractivity contribution in [2.75, 3.05) is 0 Å². The van der Waals surface area contributed by atoms with Crippen molar-refractivity contribution in [3.63, 3.8) is 0 Å². The van der Waals surface area contributed by atoms with Crippen LogP contribution in [-0.2, 0) is 44.5 Å². The van der Waals surface area contributed by atoms with Crippen LogP contribution < -0.4 is 12.4 Å². The average molecular weight is 243 g/mol. The van der Waals surface area contributed by atoms with E-state index in [1.807, 2.05) is 0 Å². The van der Waals surface area contributed by atoms with Gasteiger partial charge in [-0.25, -0.2) is 0 Å². The fraction of sp³-hybridized carbons (Fsp3) is 0. The Morgan fingerprint density at radius 2 is 1.12 bits per heavy atom. The molecule has 0 aliphatic carbocycles. The number of hydrogen-bond donors (Lipinski definition) is 0. The third kappa shape index (κ3) is 192. The van der Waals surface area contributed by atoms with Gasteiger partial charge in [0.1, 0.15) is 0 Å². The first kappa shape index (κ1) is 22.9. The molecule has 0 amide bonds. The SMILES string of the molecule is O=S(=O)([O-])[O-].[Cl-].[Fe+3].[Fe]. The maximum atomic E-state index is 8.52. The minimum absolute atomic E-state index is 0. The quantitative estimate of drug-likeness (QED) is 0.245. The van der Waals surface area contributed by atoms with Gasteiger partial charge in [0, 0.05) is 27.5 Å². The molecule has 0 aromatic rings. The zero-order valence-corrected chi connectivity index (χ0v) is 6.91. The fourth-order valence-electron chi connectivity index (χ4n) is 0. The van der Waals surface area contributed by atoms with Gasteiger partial charge in [-0.15, -0.1) is 0 Å². The van der Waals surface area contributed by atoms with E-state index < -0.39 is 10.4 Å². The Labute approximate surface area is 74.4 Å². The zero-order chi connectivity index (χ0) is 4.50. The Morgan fingerprint density at radius 1 is 1.12 bits per heavy atom. The number of rotatable bonds is 0. The Hall–Kier alpha value is 1.20. The summed E-state index contributed by atoms with van der Waals surface area (Å²) in [4.78, 5) is 0. The Morgan fingerprint density at radius 3 is 1.12 bits per heavy atom. The second kappa shape index (κ2) is 8.20. The molecule has 0 bridgehead atoms. The van der Waals surface area contributed by atoms with Crippen molar-refractivity contribution in [2.24, 2.45) is 0 Å². The van der Waals surface area contributed by atoms with Gasteiger partial charge in [0.05, 0.1) is 0 Å². The van der Waals surface area contributed by atoms with Gasteiger partial charge in [-0.3, -0.25) is 8.42 Å². The molecule has 4 nitrogen and oxygen atoms in total. The Bertz CT molecular complexity index is 97.2. The Kier molecular flexibility index (Phi) is 23.4. The second-order valence-corrected chi connectivity index (χ2v) is 1.22. The van der Waals surface area contributed by atoms with Crippen LogP contribution in [0.4, 0.5) is 0 Å². The van der Waals surface area contributed by atoms with Crippen LogP contribution in [-0.4, -0.2) is 17.5 Å². The summed E-state index contributed by atoms with van der Waals surface area (Å²) < 4.78 is 34.1. The van der Waals surface area contributed by atoms with E-state index in [4.69, 9.17) is 17.5 Å². The predicted octanol–water partition coefficient (Wildman–Crippen LogP) is -4.34. The molecule has 0 N–H and O–H groups in total. The van der Waals surface area contributed by atoms with Gasteiger partial charge in [-0.2, -0.15) is 0 Å². The van der Waals surface area contributed by atoms with E-state index >= 15 is 0 Å². The average Bonchev–Trinajstić information content (AvgIpc) is 0.722. The van der Waals surface area contributed by atoms with E-state index in [0.717, 1.165) is 0 Å². The molecule has 0 spiro atoms. The van der Waals surface area contributed by atoms with Crippen LogP contribution in [0.5, 0.6) is 0 Å². The Balaban J connectivity index is -0.0000000267. The van der Waals surface area contributed by atoms with Crippen molar-refractivity contribution in [1.29, 1.82) is 0 Å². The van der Waals surface area contributed by atoms with Crippen LogP contribution in [0.2, 0.25) is 0 Å². The molecule has 0 aromatic heterocycles. The molecule has 0 aliphatic heterocycles. The number of halogens is 1. The standard InChI is InChI=1S/ClH.2Fe.H2O4S/c;;;1-5(2,3)4/h1H;;;(H2,1,2,3,4)/q;;+3;/p-3. The first-order valence-electron chi connectivity index (χ1n) is 0.667. The summed E-state index contributed by atoms with van der Waals surface area (Å²) in [5, 5.41) is 0. The molecule has 0 aliphatic rings. The van der Waals surface area contributed by atoms with E-state index in [9.17, 15) is 0 Å². The van der Waals surface area contributed by atoms with Gasteiger partial charge in [0.2, 0.25) is 0 Å². The van der Waals surface area contributed by atoms with Crippen LogP contribution >= 0.6 is 0 Å². The van der Waals surface area contributed by atoms with Gasteiger partial charge in [0.15, 0.2) is 0 Å². The molecule has 8 heteroatoms. The summed E-state index contributed by atoms with van der Waals surface area (Å²) in [6.45, 7) is 0. The van der Waals surface area contributed by atoms with Crippen molar-refractivity contribution in [3.05, 3.63) is 0 Å². The summed E-state index contributed by atoms with van der Waals surface area (Å²) in [6, 6.07) is 0. The van der Waals surface area contributed by atoms with Crippen molar-refractivity contribution < 1.29 is 64.1 Å². The van der Waals surface area contributed by atoms with Crippen LogP contribution in [0.15, 0.2) is 0 Å². The van der Waals surface area contributed by atoms with Gasteiger partial charge >= 0.3 is 17.1 Å². The van der Waals surface area contributed by atoms with Gasteiger partial charge < -0.3 is 21.5 Å². The van der Waals surface area contributed by atoms with E-state index in [-0.39, 0.29) is 46.5 Å². The first-order chi connectivity index (χ1) is 2.00. The summed E-state index contributed by atoms with van der Waals surface area (Å²) >= 11 is 0. The van der Waals surface area contributed by atoms with Crippen molar-refractivity contribution in [2.45, 2.75) is 0 Å². The summed E-state index contributed by atoms with van der Waals surface area (Å²) in [7, 11) is -5.17. The molecule has 0 heterocycles. The number of hydrogen-bond acceptors (Lipinski definition) is 4. The molecule has 1 radical (unpaired) electrons. The molecule has 0 unspecified atom stereocenters. The van der Waals surface area contributed by atoms with Crippen molar-refractivity contribution in [3.8, 4) is 0 Å². The molecular formula is ClFe2O4S. The first-order valence-corrected chi connectivity index (χ1v) is 2.00. The van der Waals surface area contributed by atoms with E-state index in [0.29, 0.717) is 0 Å². The summed E-state index contributed by atoms with van der Waals surface area (Å²) in [6.07, 6.45) is 0. The molecule has 0 saturated carbocycles. The summed E-state index contributed by atoms with van der Waals surface area (Å²) in [5.41, 5.74) is 0. The topological polar surface area (TPSA) is 80.3 Å². The zero-order valence-electron chi connectivity index (χ0n) is 3.13. The molecule has 0 fully saturated rings. The van der Waals surface area contributed by atoms with Crippen LogP contribution in [0.1, 0.15) is 0 Å². The van der Waals surface area contributed by atoms with Crippen LogP contribution in [0, 0.1) is 0 Å². The largest absolute Gasteiger partial charge is 3.00 e. The monoisotopic (exact) mass is 243 g/mol. The molecule has 8 heavy (non-hydrogen) atoms. The van der Waals surface area contributed by atoms with Crippen LogP contribution in [0.25, 0.3) is 0 Å². The molecular weight excluding hydrogens is 243 g/mol. The third-order valence-corrected chi connectivity index (χ3v) is 0. The van der Waals surface area contributed by atoms with Crippen LogP contribution in [0.3, 0.4) is 0 Å². The van der Waals surface area contributed by atoms with E-state index in [1.54, 1.807) is 0 Å². The van der Waals surface area contributed by atoms with E-state index in [1.165, 1.54) is 0 Å². The molecule has 0 aromatic carbocycles. The molecule has 0 atom stereocenters. The third-order valence-electron chi connectivity index (χ3n) is 0. The van der Waals surface area contributed by atoms with Gasteiger partial charge in [0.25, 0.3) is 0 Å². The minimum atomic E-state index is -5.17.